The smallest absolute Gasteiger partial charge is 0.296 e. The summed E-state index contributed by atoms with van der Waals surface area (Å²) in [5.74, 6) is 0. The van der Waals surface area contributed by atoms with Gasteiger partial charge < -0.3 is 5.73 Å². The summed E-state index contributed by atoms with van der Waals surface area (Å²) in [6.07, 6.45) is 0. The molecule has 0 heterocycles. The Balaban J connectivity index is 1.74. The topological polar surface area (TPSA) is 239 Å². The fourth-order valence-corrected chi connectivity index (χ4v) is 5.70. The number of hydrogen-bond acceptors (Lipinski definition) is 11. The molecule has 5 N–H and O–H groups in total. The normalized spacial score (nSPS) is 13.0. The molecule has 4 rings (SSSR count). The lowest BCUT2D eigenvalue weighted by Gasteiger charge is -2.09. The number of nitrogens with two attached hydrogens (primary N) is 1. The summed E-state index contributed by atoms with van der Waals surface area (Å²) in [7, 11) is -14.1. The van der Waals surface area contributed by atoms with Crippen LogP contribution in [0.4, 0.5) is 28.4 Å². The van der Waals surface area contributed by atoms with Crippen molar-refractivity contribution in [3.05, 3.63) is 71.8 Å². The van der Waals surface area contributed by atoms with Gasteiger partial charge in [-0.25, -0.2) is 0 Å². The fourth-order valence-electron chi connectivity index (χ4n) is 3.86. The van der Waals surface area contributed by atoms with Crippen molar-refractivity contribution < 1.29 is 38.9 Å². The van der Waals surface area contributed by atoms with Gasteiger partial charge in [-0.3, -0.25) is 13.7 Å². The highest BCUT2D eigenvalue weighted by atomic mass is 32.2. The number of aryl methyl sites for hydroxylation is 2. The van der Waals surface area contributed by atoms with Crippen LogP contribution in [-0.2, 0) is 30.4 Å². The molecule has 0 fully saturated rings. The van der Waals surface area contributed by atoms with E-state index in [9.17, 15) is 38.9 Å². The molecule has 0 amide bonds. The van der Waals surface area contributed by atoms with Crippen molar-refractivity contribution in [3.63, 3.8) is 0 Å². The molecule has 0 spiro atoms. The predicted octanol–water partition coefficient (Wildman–Crippen LogP) is 5.61. The Labute approximate surface area is 234 Å². The first kappa shape index (κ1) is 29.8. The van der Waals surface area contributed by atoms with Crippen LogP contribution in [0.2, 0.25) is 0 Å². The van der Waals surface area contributed by atoms with E-state index >= 15 is 0 Å². The van der Waals surface area contributed by atoms with Gasteiger partial charge in [-0.2, -0.15) is 35.5 Å². The lowest BCUT2D eigenvalue weighted by atomic mass is 10.1. The third-order valence-corrected chi connectivity index (χ3v) is 8.49. The van der Waals surface area contributed by atoms with Crippen LogP contribution in [0.1, 0.15) is 11.1 Å². The van der Waals surface area contributed by atoms with Crippen LogP contribution >= 0.6 is 0 Å². The Hall–Kier alpha value is -4.13. The molecular formula is C24H21N5O9S3. The average molecular weight is 620 g/mol. The molecule has 17 heteroatoms. The van der Waals surface area contributed by atoms with Crippen molar-refractivity contribution in [1.29, 1.82) is 0 Å². The van der Waals surface area contributed by atoms with Crippen molar-refractivity contribution in [3.8, 4) is 0 Å². The lowest BCUT2D eigenvalue weighted by Crippen LogP contribution is -2.02. The fraction of sp³-hybridized carbons (Fsp3) is 0.0833. The van der Waals surface area contributed by atoms with E-state index in [0.717, 1.165) is 18.2 Å². The summed E-state index contributed by atoms with van der Waals surface area (Å²) in [5.41, 5.74) is 7.53. The first-order valence-corrected chi connectivity index (χ1v) is 15.6. The maximum absolute atomic E-state index is 11.8. The van der Waals surface area contributed by atoms with Crippen molar-refractivity contribution in [1.82, 2.24) is 0 Å². The second kappa shape index (κ2) is 10.7. The third kappa shape index (κ3) is 6.45. The number of nitrogen functional groups attached to an aromatic ring is 1. The molecule has 0 radical (unpaired) electrons. The summed E-state index contributed by atoms with van der Waals surface area (Å²) in [6.45, 7) is 3.31. The van der Waals surface area contributed by atoms with Gasteiger partial charge in [0.2, 0.25) is 0 Å². The Morgan fingerprint density at radius 1 is 0.585 bits per heavy atom. The molecule has 0 aliphatic carbocycles. The maximum Gasteiger partial charge on any atom is 0.296 e. The van der Waals surface area contributed by atoms with Crippen LogP contribution in [-0.4, -0.2) is 38.9 Å². The van der Waals surface area contributed by atoms with Crippen LogP contribution in [0.5, 0.6) is 0 Å². The van der Waals surface area contributed by atoms with Crippen LogP contribution in [0, 0.1) is 13.8 Å². The number of rotatable bonds is 7. The van der Waals surface area contributed by atoms with Crippen LogP contribution in [0.3, 0.4) is 0 Å². The number of nitrogens with zero attached hydrogens (tertiary/aromatic N) is 4. The van der Waals surface area contributed by atoms with E-state index in [1.807, 2.05) is 0 Å². The number of fused-ring (bicyclic) bond motifs is 1. The van der Waals surface area contributed by atoms with Crippen LogP contribution in [0.15, 0.2) is 95.8 Å². The zero-order chi connectivity index (χ0) is 30.3. The Morgan fingerprint density at radius 2 is 1.12 bits per heavy atom. The zero-order valence-corrected chi connectivity index (χ0v) is 23.6. The molecule has 0 atom stereocenters. The van der Waals surface area contributed by atoms with E-state index in [1.54, 1.807) is 32.0 Å². The van der Waals surface area contributed by atoms with E-state index in [1.165, 1.54) is 24.3 Å². The van der Waals surface area contributed by atoms with Crippen molar-refractivity contribution in [2.75, 3.05) is 5.73 Å². The summed E-state index contributed by atoms with van der Waals surface area (Å²) >= 11 is 0. The number of azo groups is 2. The number of hydrogen-bond donors (Lipinski definition) is 4. The molecule has 0 saturated carbocycles. The average Bonchev–Trinajstić information content (AvgIpc) is 2.87. The van der Waals surface area contributed by atoms with E-state index in [0.29, 0.717) is 22.2 Å². The van der Waals surface area contributed by atoms with Crippen molar-refractivity contribution >= 4 is 69.6 Å². The van der Waals surface area contributed by atoms with Crippen LogP contribution in [0.25, 0.3) is 10.8 Å². The van der Waals surface area contributed by atoms with Gasteiger partial charge in [0.25, 0.3) is 30.4 Å². The standard InChI is InChI=1S/C24H21N5O9S3/c1-13-11-20(28-29-21-12-15(39(30,31)32)6-9-22(21)40(33,34)35)14(2)10-19(13)27-26-18-8-7-17(25)24-16(18)4-3-5-23(24)41(36,37)38/h3-12H,25H2,1-2H3,(H,30,31,32)(H,33,34,35)(H,36,37,38). The molecule has 0 aromatic heterocycles. The second-order valence-electron chi connectivity index (χ2n) is 8.73. The van der Waals surface area contributed by atoms with Gasteiger partial charge in [0, 0.05) is 16.5 Å². The van der Waals surface area contributed by atoms with Gasteiger partial charge in [-0.05, 0) is 73.5 Å². The van der Waals surface area contributed by atoms with Crippen molar-refractivity contribution in [2.24, 2.45) is 20.5 Å². The zero-order valence-electron chi connectivity index (χ0n) is 21.2. The van der Waals surface area contributed by atoms with Gasteiger partial charge in [-0.15, -0.1) is 10.2 Å². The highest BCUT2D eigenvalue weighted by Gasteiger charge is 2.20. The van der Waals surface area contributed by atoms with E-state index in [4.69, 9.17) is 5.73 Å². The predicted molar refractivity (Wildman–Crippen MR) is 149 cm³/mol. The third-order valence-electron chi connectivity index (χ3n) is 5.84. The monoisotopic (exact) mass is 619 g/mol. The minimum absolute atomic E-state index is 0.0949. The summed E-state index contributed by atoms with van der Waals surface area (Å²) in [6, 6.07) is 12.6. The van der Waals surface area contributed by atoms with Crippen LogP contribution < -0.4 is 5.73 Å². The Morgan fingerprint density at radius 3 is 1.66 bits per heavy atom. The molecule has 214 valence electrons. The quantitative estimate of drug-likeness (QED) is 0.113. The first-order valence-electron chi connectivity index (χ1n) is 11.3. The van der Waals surface area contributed by atoms with Gasteiger partial charge >= 0.3 is 0 Å². The number of benzene rings is 4. The van der Waals surface area contributed by atoms with Gasteiger partial charge in [-0.1, -0.05) is 12.1 Å². The molecule has 4 aromatic rings. The molecule has 0 aliphatic heterocycles. The van der Waals surface area contributed by atoms with Crippen molar-refractivity contribution in [2.45, 2.75) is 28.5 Å². The number of anilines is 1. The van der Waals surface area contributed by atoms with Gasteiger partial charge in [0.15, 0.2) is 0 Å². The Bertz CT molecular complexity index is 2110. The Kier molecular flexibility index (Phi) is 7.78. The minimum atomic E-state index is -4.80. The highest BCUT2D eigenvalue weighted by Crippen LogP contribution is 2.37. The van der Waals surface area contributed by atoms with E-state index in [2.05, 4.69) is 20.5 Å². The lowest BCUT2D eigenvalue weighted by molar-refractivity contribution is 0.478. The molecular weight excluding hydrogens is 598 g/mol. The minimum Gasteiger partial charge on any atom is -0.398 e. The SMILES string of the molecule is Cc1cc(N=Nc2ccc(N)c3c(S(=O)(=O)O)cccc23)c(C)cc1N=Nc1cc(S(=O)(=O)O)ccc1S(=O)(=O)O. The van der Waals surface area contributed by atoms with Gasteiger partial charge in [0.1, 0.15) is 15.5 Å². The molecule has 14 nitrogen and oxygen atoms in total. The molecule has 4 aromatic carbocycles. The summed E-state index contributed by atoms with van der Waals surface area (Å²) < 4.78 is 98.4. The first-order chi connectivity index (χ1) is 19.0. The summed E-state index contributed by atoms with van der Waals surface area (Å²) in [5, 5.41) is 16.7. The molecule has 0 saturated heterocycles. The molecule has 0 bridgehead atoms. The van der Waals surface area contributed by atoms with E-state index in [-0.39, 0.29) is 27.3 Å². The van der Waals surface area contributed by atoms with E-state index < -0.39 is 45.8 Å². The highest BCUT2D eigenvalue weighted by molar-refractivity contribution is 7.86. The second-order valence-corrected chi connectivity index (χ2v) is 12.9. The summed E-state index contributed by atoms with van der Waals surface area (Å²) in [4.78, 5) is -1.74. The molecule has 0 aliphatic rings. The maximum atomic E-state index is 11.8. The largest absolute Gasteiger partial charge is 0.398 e. The molecule has 41 heavy (non-hydrogen) atoms. The molecule has 0 unspecified atom stereocenters. The van der Waals surface area contributed by atoms with Gasteiger partial charge in [0.05, 0.1) is 22.0 Å².